The van der Waals surface area contributed by atoms with Crippen LogP contribution < -0.4 is 11.1 Å². The number of benzene rings is 1. The Morgan fingerprint density at radius 2 is 2.19 bits per heavy atom. The number of nitrogens with one attached hydrogen (secondary N) is 1. The summed E-state index contributed by atoms with van der Waals surface area (Å²) in [5.74, 6) is 5.86. The second kappa shape index (κ2) is 6.78. The predicted octanol–water partition coefficient (Wildman–Crippen LogP) is 2.62. The van der Waals surface area contributed by atoms with Gasteiger partial charge in [0.1, 0.15) is 0 Å². The smallest absolute Gasteiger partial charge is 0.251 e. The van der Waals surface area contributed by atoms with Gasteiger partial charge in [-0.3, -0.25) is 4.79 Å². The van der Waals surface area contributed by atoms with E-state index in [4.69, 9.17) is 5.73 Å². The molecular weight excluding hydrogens is 260 g/mol. The summed E-state index contributed by atoms with van der Waals surface area (Å²) >= 11 is 0. The van der Waals surface area contributed by atoms with Crippen LogP contribution >= 0.6 is 0 Å². The van der Waals surface area contributed by atoms with Gasteiger partial charge in [0.05, 0.1) is 6.54 Å². The zero-order valence-electron chi connectivity index (χ0n) is 13.0. The predicted molar refractivity (Wildman–Crippen MR) is 86.0 cm³/mol. The van der Waals surface area contributed by atoms with Gasteiger partial charge in [0.15, 0.2) is 0 Å². The molecule has 0 heterocycles. The van der Waals surface area contributed by atoms with E-state index >= 15 is 0 Å². The van der Waals surface area contributed by atoms with Crippen molar-refractivity contribution in [2.45, 2.75) is 39.5 Å². The van der Waals surface area contributed by atoms with Crippen molar-refractivity contribution in [3.63, 3.8) is 0 Å². The highest BCUT2D eigenvalue weighted by molar-refractivity contribution is 5.96. The van der Waals surface area contributed by atoms with Gasteiger partial charge < -0.3 is 11.1 Å². The molecule has 0 atom stereocenters. The molecule has 0 saturated heterocycles. The van der Waals surface area contributed by atoms with E-state index < -0.39 is 0 Å². The highest BCUT2D eigenvalue weighted by atomic mass is 16.1. The summed E-state index contributed by atoms with van der Waals surface area (Å²) in [6, 6.07) is 5.66. The molecule has 0 radical (unpaired) electrons. The van der Waals surface area contributed by atoms with Crippen LogP contribution in [0.1, 0.15) is 54.1 Å². The molecule has 0 aromatic heterocycles. The number of carbonyl (C=O) groups is 1. The summed E-state index contributed by atoms with van der Waals surface area (Å²) in [7, 11) is 0. The molecule has 1 fully saturated rings. The molecule has 3 nitrogen and oxygen atoms in total. The minimum atomic E-state index is 0.00581. The van der Waals surface area contributed by atoms with Crippen LogP contribution in [0.25, 0.3) is 0 Å². The minimum Gasteiger partial charge on any atom is -0.351 e. The first-order valence-corrected chi connectivity index (χ1v) is 7.68. The lowest BCUT2D eigenvalue weighted by Crippen LogP contribution is -2.30. The Morgan fingerprint density at radius 3 is 2.81 bits per heavy atom. The molecule has 0 unspecified atom stereocenters. The molecule has 1 amide bonds. The quantitative estimate of drug-likeness (QED) is 0.817. The van der Waals surface area contributed by atoms with Crippen molar-refractivity contribution in [1.29, 1.82) is 0 Å². The highest BCUT2D eigenvalue weighted by Crippen LogP contribution is 2.48. The number of hydrogen-bond acceptors (Lipinski definition) is 2. The summed E-state index contributed by atoms with van der Waals surface area (Å²) in [6.07, 6.45) is 4.86. The van der Waals surface area contributed by atoms with E-state index in [-0.39, 0.29) is 5.91 Å². The van der Waals surface area contributed by atoms with Crippen LogP contribution in [-0.4, -0.2) is 19.0 Å². The lowest BCUT2D eigenvalue weighted by atomic mass is 9.99. The molecule has 3 heteroatoms. The highest BCUT2D eigenvalue weighted by Gasteiger charge is 2.41. The van der Waals surface area contributed by atoms with Gasteiger partial charge in [-0.05, 0) is 49.3 Å². The molecule has 0 aliphatic heterocycles. The molecule has 1 aromatic carbocycles. The zero-order chi connectivity index (χ0) is 15.3. The van der Waals surface area contributed by atoms with Crippen molar-refractivity contribution in [1.82, 2.24) is 5.32 Å². The van der Waals surface area contributed by atoms with Crippen LogP contribution in [0.4, 0.5) is 0 Å². The Hall–Kier alpha value is -1.79. The molecule has 1 saturated carbocycles. The number of amides is 1. The topological polar surface area (TPSA) is 55.1 Å². The largest absolute Gasteiger partial charge is 0.351 e. The Bertz CT molecular complexity index is 577. The Kier molecular flexibility index (Phi) is 5.03. The van der Waals surface area contributed by atoms with Crippen molar-refractivity contribution >= 4 is 5.91 Å². The molecule has 1 aromatic rings. The third-order valence-electron chi connectivity index (χ3n) is 4.26. The Morgan fingerprint density at radius 1 is 1.43 bits per heavy atom. The van der Waals surface area contributed by atoms with E-state index in [1.54, 1.807) is 0 Å². The third-order valence-corrected chi connectivity index (χ3v) is 4.26. The van der Waals surface area contributed by atoms with Crippen molar-refractivity contribution in [2.75, 3.05) is 13.1 Å². The third kappa shape index (κ3) is 3.86. The lowest BCUT2D eigenvalue weighted by molar-refractivity contribution is 0.0943. The number of nitrogens with two attached hydrogens (primary N) is 1. The molecule has 1 aliphatic carbocycles. The van der Waals surface area contributed by atoms with E-state index in [9.17, 15) is 4.79 Å². The first kappa shape index (κ1) is 15.6. The molecule has 0 spiro atoms. The summed E-state index contributed by atoms with van der Waals surface area (Å²) in [5.41, 5.74) is 8.29. The van der Waals surface area contributed by atoms with Gasteiger partial charge in [-0.1, -0.05) is 31.3 Å². The molecule has 112 valence electrons. The summed E-state index contributed by atoms with van der Waals surface area (Å²) in [5, 5.41) is 3.10. The monoisotopic (exact) mass is 284 g/mol. The van der Waals surface area contributed by atoms with Gasteiger partial charge in [-0.2, -0.15) is 0 Å². The first-order chi connectivity index (χ1) is 10.1. The average Bonchev–Trinajstić information content (AvgIpc) is 3.24. The fraction of sp³-hybridized carbons (Fsp3) is 0.500. The van der Waals surface area contributed by atoms with E-state index in [0.29, 0.717) is 17.5 Å². The van der Waals surface area contributed by atoms with E-state index in [1.165, 1.54) is 25.7 Å². The van der Waals surface area contributed by atoms with Crippen LogP contribution in [0.3, 0.4) is 0 Å². The minimum absolute atomic E-state index is 0.00581. The van der Waals surface area contributed by atoms with Crippen LogP contribution in [0.5, 0.6) is 0 Å². The number of hydrogen-bond donors (Lipinski definition) is 2. The first-order valence-electron chi connectivity index (χ1n) is 7.68. The van der Waals surface area contributed by atoms with Crippen LogP contribution in [0.2, 0.25) is 0 Å². The number of carbonyl (C=O) groups excluding carboxylic acids is 1. The SMILES string of the molecule is CCCC1(CNC(=O)c2cccc(C#CCN)c2C)CC1. The Labute approximate surface area is 127 Å². The fourth-order valence-corrected chi connectivity index (χ4v) is 2.75. The van der Waals surface area contributed by atoms with E-state index in [0.717, 1.165) is 17.7 Å². The van der Waals surface area contributed by atoms with Crippen LogP contribution in [0.15, 0.2) is 18.2 Å². The summed E-state index contributed by atoms with van der Waals surface area (Å²) in [6.45, 7) is 5.26. The van der Waals surface area contributed by atoms with Gasteiger partial charge in [-0.15, -0.1) is 0 Å². The summed E-state index contributed by atoms with van der Waals surface area (Å²) in [4.78, 5) is 12.4. The normalized spacial score (nSPS) is 15.0. The Balaban J connectivity index is 2.06. The van der Waals surface area contributed by atoms with Gasteiger partial charge in [-0.25, -0.2) is 0 Å². The van der Waals surface area contributed by atoms with Crippen LogP contribution in [0, 0.1) is 24.2 Å². The van der Waals surface area contributed by atoms with Crippen molar-refractivity contribution in [3.05, 3.63) is 34.9 Å². The zero-order valence-corrected chi connectivity index (χ0v) is 13.0. The molecular formula is C18H24N2O. The maximum atomic E-state index is 12.4. The second-order valence-corrected chi connectivity index (χ2v) is 5.92. The maximum absolute atomic E-state index is 12.4. The van der Waals surface area contributed by atoms with E-state index in [2.05, 4.69) is 24.1 Å². The molecule has 0 bridgehead atoms. The van der Waals surface area contributed by atoms with Gasteiger partial charge in [0, 0.05) is 17.7 Å². The van der Waals surface area contributed by atoms with Crippen molar-refractivity contribution < 1.29 is 4.79 Å². The molecule has 21 heavy (non-hydrogen) atoms. The van der Waals surface area contributed by atoms with Crippen molar-refractivity contribution in [2.24, 2.45) is 11.1 Å². The lowest BCUT2D eigenvalue weighted by Gasteiger charge is -2.16. The molecule has 2 rings (SSSR count). The van der Waals surface area contributed by atoms with E-state index in [1.807, 2.05) is 25.1 Å². The van der Waals surface area contributed by atoms with Gasteiger partial charge >= 0.3 is 0 Å². The van der Waals surface area contributed by atoms with Crippen LogP contribution in [-0.2, 0) is 0 Å². The van der Waals surface area contributed by atoms with Gasteiger partial charge in [0.25, 0.3) is 5.91 Å². The second-order valence-electron chi connectivity index (χ2n) is 5.92. The molecule has 1 aliphatic rings. The number of rotatable bonds is 5. The maximum Gasteiger partial charge on any atom is 0.251 e. The average molecular weight is 284 g/mol. The fourth-order valence-electron chi connectivity index (χ4n) is 2.75. The summed E-state index contributed by atoms with van der Waals surface area (Å²) < 4.78 is 0. The van der Waals surface area contributed by atoms with Crippen molar-refractivity contribution in [3.8, 4) is 11.8 Å². The van der Waals surface area contributed by atoms with Gasteiger partial charge in [0.2, 0.25) is 0 Å². The standard InChI is InChI=1S/C18H24N2O/c1-3-9-18(10-11-18)13-20-17(21)16-8-4-6-15(14(16)2)7-5-12-19/h4,6,8H,3,9-13,19H2,1-2H3,(H,20,21). The molecule has 3 N–H and O–H groups in total.